The van der Waals surface area contributed by atoms with Crippen molar-refractivity contribution in [2.45, 2.75) is 6.92 Å². The van der Waals surface area contributed by atoms with Gasteiger partial charge in [-0.2, -0.15) is 0 Å². The second-order valence-corrected chi connectivity index (χ2v) is 6.77. The molecule has 1 aliphatic heterocycles. The molecule has 1 saturated heterocycles. The van der Waals surface area contributed by atoms with E-state index < -0.39 is 17.5 Å². The molecule has 0 radical (unpaired) electrons. The third kappa shape index (κ3) is 3.47. The fourth-order valence-electron chi connectivity index (χ4n) is 3.42. The van der Waals surface area contributed by atoms with Crippen LogP contribution in [-0.4, -0.2) is 62.5 Å². The van der Waals surface area contributed by atoms with Crippen LogP contribution in [-0.2, 0) is 4.79 Å². The molecule has 0 aliphatic carbocycles. The molecule has 1 fully saturated rings. The summed E-state index contributed by atoms with van der Waals surface area (Å²) in [7, 11) is 0. The molecule has 3 N–H and O–H groups in total. The SMILES string of the molecule is CC(=O)N1CCN(c2c(F)cncc2NC(=O)c2c(N)nn3cc(F)cnc23)CC1. The lowest BCUT2D eigenvalue weighted by Gasteiger charge is -2.36. The number of carbonyl (C=O) groups excluding carboxylic acids is 2. The Balaban J connectivity index is 1.63. The van der Waals surface area contributed by atoms with E-state index in [9.17, 15) is 18.4 Å². The van der Waals surface area contributed by atoms with Gasteiger partial charge in [-0.1, -0.05) is 0 Å². The number of nitrogens with zero attached hydrogens (tertiary/aromatic N) is 6. The highest BCUT2D eigenvalue weighted by Gasteiger charge is 2.26. The number of amides is 2. The molecule has 2 amide bonds. The summed E-state index contributed by atoms with van der Waals surface area (Å²) in [6.07, 6.45) is 4.36. The maximum Gasteiger partial charge on any atom is 0.263 e. The van der Waals surface area contributed by atoms with Gasteiger partial charge in [-0.3, -0.25) is 14.6 Å². The number of nitrogen functional groups attached to an aromatic ring is 1. The lowest BCUT2D eigenvalue weighted by molar-refractivity contribution is -0.129. The topological polar surface area (TPSA) is 122 Å². The van der Waals surface area contributed by atoms with Crippen molar-refractivity contribution in [2.75, 3.05) is 42.1 Å². The van der Waals surface area contributed by atoms with Crippen LogP contribution in [0, 0.1) is 11.6 Å². The van der Waals surface area contributed by atoms with Crippen molar-refractivity contribution in [3.05, 3.63) is 42.0 Å². The number of pyridine rings is 1. The van der Waals surface area contributed by atoms with Crippen molar-refractivity contribution in [1.82, 2.24) is 24.5 Å². The maximum absolute atomic E-state index is 14.6. The number of aromatic nitrogens is 4. The fraction of sp³-hybridized carbons (Fsp3) is 0.278. The molecule has 156 valence electrons. The zero-order chi connectivity index (χ0) is 21.4. The van der Waals surface area contributed by atoms with Crippen molar-refractivity contribution in [3.8, 4) is 0 Å². The number of rotatable bonds is 3. The number of halogens is 2. The fourth-order valence-corrected chi connectivity index (χ4v) is 3.42. The first-order valence-electron chi connectivity index (χ1n) is 9.10. The standard InChI is InChI=1S/C18H18F2N8O2/c1-10(29)26-2-4-27(5-3-26)15-12(20)7-22-8-13(15)24-18(30)14-16(21)25-28-9-11(19)6-23-17(14)28/h6-9H,2-5H2,1H3,(H2,21,25)(H,24,30). The quantitative estimate of drug-likeness (QED) is 0.651. The van der Waals surface area contributed by atoms with E-state index >= 15 is 0 Å². The third-order valence-corrected chi connectivity index (χ3v) is 4.86. The van der Waals surface area contributed by atoms with E-state index in [1.165, 1.54) is 13.1 Å². The summed E-state index contributed by atoms with van der Waals surface area (Å²) in [6, 6.07) is 0. The Morgan fingerprint density at radius 1 is 1.13 bits per heavy atom. The number of hydrogen-bond acceptors (Lipinski definition) is 7. The second kappa shape index (κ2) is 7.54. The van der Waals surface area contributed by atoms with Crippen molar-refractivity contribution >= 4 is 34.7 Å². The van der Waals surface area contributed by atoms with E-state index in [1.807, 2.05) is 0 Å². The minimum atomic E-state index is -0.683. The first kappa shape index (κ1) is 19.5. The van der Waals surface area contributed by atoms with E-state index in [0.717, 1.165) is 23.1 Å². The van der Waals surface area contributed by atoms with Gasteiger partial charge < -0.3 is 20.9 Å². The van der Waals surface area contributed by atoms with Gasteiger partial charge in [0.25, 0.3) is 5.91 Å². The number of hydrogen-bond donors (Lipinski definition) is 2. The molecule has 0 atom stereocenters. The molecular formula is C18H18F2N8O2. The monoisotopic (exact) mass is 416 g/mol. The average molecular weight is 416 g/mol. The van der Waals surface area contributed by atoms with Crippen molar-refractivity contribution in [3.63, 3.8) is 0 Å². The predicted octanol–water partition coefficient (Wildman–Crippen LogP) is 0.905. The molecular weight excluding hydrogens is 398 g/mol. The van der Waals surface area contributed by atoms with Crippen molar-refractivity contribution < 1.29 is 18.4 Å². The van der Waals surface area contributed by atoms with E-state index in [0.29, 0.717) is 26.2 Å². The number of nitrogens with one attached hydrogen (secondary N) is 1. The number of nitrogens with two attached hydrogens (primary N) is 1. The van der Waals surface area contributed by atoms with Crippen LogP contribution >= 0.6 is 0 Å². The lowest BCUT2D eigenvalue weighted by Crippen LogP contribution is -2.48. The van der Waals surface area contributed by atoms with Crippen LogP contribution in [0.2, 0.25) is 0 Å². The molecule has 10 nitrogen and oxygen atoms in total. The normalized spacial score (nSPS) is 14.2. The van der Waals surface area contributed by atoms with Gasteiger partial charge in [0.2, 0.25) is 5.91 Å². The van der Waals surface area contributed by atoms with Gasteiger partial charge >= 0.3 is 0 Å². The highest BCUT2D eigenvalue weighted by atomic mass is 19.1. The van der Waals surface area contributed by atoms with Crippen LogP contribution in [0.25, 0.3) is 5.65 Å². The molecule has 12 heteroatoms. The van der Waals surface area contributed by atoms with Gasteiger partial charge in [-0.25, -0.2) is 18.3 Å². The summed E-state index contributed by atoms with van der Waals surface area (Å²) < 4.78 is 29.1. The average Bonchev–Trinajstić information content (AvgIpc) is 3.03. The first-order valence-corrected chi connectivity index (χ1v) is 9.10. The number of fused-ring (bicyclic) bond motifs is 1. The minimum Gasteiger partial charge on any atom is -0.381 e. The highest BCUT2D eigenvalue weighted by Crippen LogP contribution is 2.30. The molecule has 1 aliphatic rings. The zero-order valence-electron chi connectivity index (χ0n) is 16.0. The Bertz CT molecular complexity index is 1140. The first-order chi connectivity index (χ1) is 14.3. The molecule has 0 aromatic carbocycles. The zero-order valence-corrected chi connectivity index (χ0v) is 16.0. The summed E-state index contributed by atoms with van der Waals surface area (Å²) in [4.78, 5) is 35.5. The number of anilines is 3. The Kier molecular flexibility index (Phi) is 4.90. The van der Waals surface area contributed by atoms with Crippen LogP contribution in [0.15, 0.2) is 24.8 Å². The van der Waals surface area contributed by atoms with Crippen LogP contribution in [0.4, 0.5) is 26.0 Å². The summed E-state index contributed by atoms with van der Waals surface area (Å²) in [5.41, 5.74) is 6.12. The van der Waals surface area contributed by atoms with Gasteiger partial charge in [0, 0.05) is 33.1 Å². The van der Waals surface area contributed by atoms with Gasteiger partial charge in [0.15, 0.2) is 23.1 Å². The minimum absolute atomic E-state index is 0.0501. The van der Waals surface area contributed by atoms with Crippen LogP contribution < -0.4 is 16.0 Å². The third-order valence-electron chi connectivity index (χ3n) is 4.86. The van der Waals surface area contributed by atoms with Gasteiger partial charge in [0.1, 0.15) is 11.3 Å². The summed E-state index contributed by atoms with van der Waals surface area (Å²) >= 11 is 0. The van der Waals surface area contributed by atoms with Crippen molar-refractivity contribution in [2.24, 2.45) is 0 Å². The highest BCUT2D eigenvalue weighted by molar-refractivity contribution is 6.12. The van der Waals surface area contributed by atoms with Crippen LogP contribution in [0.3, 0.4) is 0 Å². The predicted molar refractivity (Wildman–Crippen MR) is 104 cm³/mol. The Morgan fingerprint density at radius 3 is 2.57 bits per heavy atom. The molecule has 4 rings (SSSR count). The summed E-state index contributed by atoms with van der Waals surface area (Å²) in [5, 5.41) is 6.49. The molecule has 4 heterocycles. The van der Waals surface area contributed by atoms with Gasteiger partial charge in [-0.15, -0.1) is 5.10 Å². The maximum atomic E-state index is 14.6. The summed E-state index contributed by atoms with van der Waals surface area (Å²) in [6.45, 7) is 3.13. The van der Waals surface area contributed by atoms with Gasteiger partial charge in [-0.05, 0) is 0 Å². The van der Waals surface area contributed by atoms with Crippen LogP contribution in [0.5, 0.6) is 0 Å². The van der Waals surface area contributed by atoms with E-state index in [4.69, 9.17) is 5.73 Å². The molecule has 3 aromatic heterocycles. The van der Waals surface area contributed by atoms with E-state index in [1.54, 1.807) is 9.80 Å². The second-order valence-electron chi connectivity index (χ2n) is 6.77. The lowest BCUT2D eigenvalue weighted by atomic mass is 10.2. The summed E-state index contributed by atoms with van der Waals surface area (Å²) in [5.74, 6) is -2.13. The number of piperazine rings is 1. The Labute approximate surface area is 169 Å². The molecule has 0 spiro atoms. The molecule has 0 bridgehead atoms. The van der Waals surface area contributed by atoms with Gasteiger partial charge in [0.05, 0.1) is 30.5 Å². The molecule has 0 saturated carbocycles. The Hall–Kier alpha value is -3.83. The van der Waals surface area contributed by atoms with E-state index in [-0.39, 0.29) is 34.3 Å². The molecule has 30 heavy (non-hydrogen) atoms. The Morgan fingerprint density at radius 2 is 1.87 bits per heavy atom. The van der Waals surface area contributed by atoms with E-state index in [2.05, 4.69) is 20.4 Å². The number of carbonyl (C=O) groups is 2. The molecule has 3 aromatic rings. The van der Waals surface area contributed by atoms with Crippen molar-refractivity contribution in [1.29, 1.82) is 0 Å². The molecule has 0 unspecified atom stereocenters. The smallest absolute Gasteiger partial charge is 0.263 e. The van der Waals surface area contributed by atoms with Crippen LogP contribution in [0.1, 0.15) is 17.3 Å². The largest absolute Gasteiger partial charge is 0.381 e.